The molecule has 1 heterocycles. The summed E-state index contributed by atoms with van der Waals surface area (Å²) in [4.78, 5) is 7.10. The van der Waals surface area contributed by atoms with Gasteiger partial charge in [0.1, 0.15) is 11.9 Å². The van der Waals surface area contributed by atoms with Gasteiger partial charge < -0.3 is 24.4 Å². The zero-order valence-corrected chi connectivity index (χ0v) is 20.8. The summed E-state index contributed by atoms with van der Waals surface area (Å²) in [5, 5.41) is 4.11. The van der Waals surface area contributed by atoms with E-state index in [0.29, 0.717) is 17.7 Å². The molecular weight excluding hydrogens is 505 g/mol. The molecule has 1 unspecified atom stereocenters. The Kier molecular flexibility index (Phi) is 13.7. The maximum atomic E-state index is 5.95. The number of ether oxygens (including phenoxy) is 3. The summed E-state index contributed by atoms with van der Waals surface area (Å²) in [6.45, 7) is 8.99. The maximum Gasteiger partial charge on any atom is 0.194 e. The van der Waals surface area contributed by atoms with Crippen molar-refractivity contribution in [2.24, 2.45) is 4.99 Å². The Morgan fingerprint density at radius 1 is 1.24 bits per heavy atom. The van der Waals surface area contributed by atoms with Gasteiger partial charge in [0.15, 0.2) is 5.96 Å². The third-order valence-electron chi connectivity index (χ3n) is 4.57. The zero-order chi connectivity index (χ0) is 20.2. The number of rotatable bonds is 10. The van der Waals surface area contributed by atoms with Crippen LogP contribution in [0.25, 0.3) is 0 Å². The van der Waals surface area contributed by atoms with Crippen LogP contribution in [0.5, 0.6) is 5.75 Å². The Morgan fingerprint density at radius 3 is 2.55 bits per heavy atom. The quantitative estimate of drug-likeness (QED) is 0.209. The molecule has 0 spiro atoms. The fourth-order valence-corrected chi connectivity index (χ4v) is 3.24. The highest BCUT2D eigenvalue weighted by molar-refractivity contribution is 14.0. The predicted octanol–water partition coefficient (Wildman–Crippen LogP) is 4.21. The SMILES string of the molecule is CCNC(=NCC(C)Oc1ccc(Cl)cc1)N1CCC(OCCCOC)CC1.I. The van der Waals surface area contributed by atoms with Gasteiger partial charge >= 0.3 is 0 Å². The van der Waals surface area contributed by atoms with Gasteiger partial charge in [-0.3, -0.25) is 0 Å². The molecule has 0 aromatic heterocycles. The van der Waals surface area contributed by atoms with E-state index in [9.17, 15) is 0 Å². The molecule has 1 aliphatic heterocycles. The molecule has 1 N–H and O–H groups in total. The lowest BCUT2D eigenvalue weighted by Crippen LogP contribution is -2.47. The smallest absolute Gasteiger partial charge is 0.194 e. The van der Waals surface area contributed by atoms with E-state index < -0.39 is 0 Å². The molecule has 0 saturated carbocycles. The first-order valence-electron chi connectivity index (χ1n) is 10.2. The van der Waals surface area contributed by atoms with Crippen LogP contribution >= 0.6 is 35.6 Å². The van der Waals surface area contributed by atoms with E-state index in [1.165, 1.54) is 0 Å². The third kappa shape index (κ3) is 10.2. The minimum absolute atomic E-state index is 0. The number of hydrogen-bond acceptors (Lipinski definition) is 4. The molecule has 1 aliphatic rings. The van der Waals surface area contributed by atoms with Crippen LogP contribution in [0.4, 0.5) is 0 Å². The molecule has 1 fully saturated rings. The molecule has 1 aromatic rings. The highest BCUT2D eigenvalue weighted by Gasteiger charge is 2.22. The first kappa shape index (κ1) is 26.3. The van der Waals surface area contributed by atoms with Crippen molar-refractivity contribution in [3.8, 4) is 5.75 Å². The third-order valence-corrected chi connectivity index (χ3v) is 4.82. The highest BCUT2D eigenvalue weighted by atomic mass is 127. The molecule has 0 amide bonds. The summed E-state index contributed by atoms with van der Waals surface area (Å²) in [5.41, 5.74) is 0. The number of nitrogens with one attached hydrogen (secondary N) is 1. The number of guanidine groups is 1. The van der Waals surface area contributed by atoms with Gasteiger partial charge in [0.2, 0.25) is 0 Å². The normalized spacial score (nSPS) is 16.3. The number of piperidine rings is 1. The summed E-state index contributed by atoms with van der Waals surface area (Å²) in [6.07, 6.45) is 3.31. The number of aliphatic imine (C=N–C) groups is 1. The fraction of sp³-hybridized carbons (Fsp3) is 0.667. The average molecular weight is 540 g/mol. The first-order chi connectivity index (χ1) is 13.6. The van der Waals surface area contributed by atoms with Crippen molar-refractivity contribution in [2.45, 2.75) is 45.3 Å². The summed E-state index contributed by atoms with van der Waals surface area (Å²) in [7, 11) is 1.72. The van der Waals surface area contributed by atoms with Crippen LogP contribution in [-0.2, 0) is 9.47 Å². The first-order valence-corrected chi connectivity index (χ1v) is 10.6. The van der Waals surface area contributed by atoms with E-state index in [0.717, 1.165) is 63.8 Å². The Hall–Kier alpha value is -0.770. The number of methoxy groups -OCH3 is 1. The predicted molar refractivity (Wildman–Crippen MR) is 130 cm³/mol. The topological polar surface area (TPSA) is 55.3 Å². The lowest BCUT2D eigenvalue weighted by molar-refractivity contribution is 0.00988. The molecule has 0 radical (unpaired) electrons. The second-order valence-electron chi connectivity index (χ2n) is 6.98. The van der Waals surface area contributed by atoms with Crippen molar-refractivity contribution in [1.29, 1.82) is 0 Å². The summed E-state index contributed by atoms with van der Waals surface area (Å²) in [5.74, 6) is 1.76. The van der Waals surface area contributed by atoms with Gasteiger partial charge in [-0.15, -0.1) is 24.0 Å². The summed E-state index contributed by atoms with van der Waals surface area (Å²) in [6, 6.07) is 7.42. The largest absolute Gasteiger partial charge is 0.489 e. The van der Waals surface area contributed by atoms with E-state index in [1.54, 1.807) is 7.11 Å². The molecule has 0 aliphatic carbocycles. The van der Waals surface area contributed by atoms with E-state index in [2.05, 4.69) is 17.1 Å². The van der Waals surface area contributed by atoms with Crippen LogP contribution in [0.3, 0.4) is 0 Å². The van der Waals surface area contributed by atoms with E-state index in [4.69, 9.17) is 30.8 Å². The Labute approximate surface area is 197 Å². The van der Waals surface area contributed by atoms with Crippen molar-refractivity contribution in [3.63, 3.8) is 0 Å². The van der Waals surface area contributed by atoms with Crippen LogP contribution in [0.15, 0.2) is 29.3 Å². The van der Waals surface area contributed by atoms with Crippen LogP contribution in [0, 0.1) is 0 Å². The summed E-state index contributed by atoms with van der Waals surface area (Å²) >= 11 is 5.92. The molecule has 2 rings (SSSR count). The number of likely N-dealkylation sites (tertiary alicyclic amines) is 1. The van der Waals surface area contributed by atoms with Crippen molar-refractivity contribution in [2.75, 3.05) is 46.5 Å². The van der Waals surface area contributed by atoms with Crippen molar-refractivity contribution < 1.29 is 14.2 Å². The molecule has 166 valence electrons. The molecule has 0 bridgehead atoms. The highest BCUT2D eigenvalue weighted by Crippen LogP contribution is 2.17. The fourth-order valence-electron chi connectivity index (χ4n) is 3.11. The van der Waals surface area contributed by atoms with Gasteiger partial charge in [0, 0.05) is 45.0 Å². The second-order valence-corrected chi connectivity index (χ2v) is 7.42. The van der Waals surface area contributed by atoms with Gasteiger partial charge in [-0.05, 0) is 57.4 Å². The number of nitrogens with zero attached hydrogens (tertiary/aromatic N) is 2. The molecule has 29 heavy (non-hydrogen) atoms. The lowest BCUT2D eigenvalue weighted by atomic mass is 10.1. The van der Waals surface area contributed by atoms with Crippen LogP contribution in [0.1, 0.15) is 33.1 Å². The van der Waals surface area contributed by atoms with Crippen molar-refractivity contribution in [3.05, 3.63) is 29.3 Å². The van der Waals surface area contributed by atoms with Crippen LogP contribution < -0.4 is 10.1 Å². The summed E-state index contributed by atoms with van der Waals surface area (Å²) < 4.78 is 16.9. The van der Waals surface area contributed by atoms with Crippen LogP contribution in [0.2, 0.25) is 5.02 Å². The van der Waals surface area contributed by atoms with Gasteiger partial charge in [0.05, 0.1) is 12.6 Å². The molecule has 8 heteroatoms. The van der Waals surface area contributed by atoms with Crippen LogP contribution in [-0.4, -0.2) is 69.6 Å². The lowest BCUT2D eigenvalue weighted by Gasteiger charge is -2.34. The Bertz CT molecular complexity index is 581. The Morgan fingerprint density at radius 2 is 1.93 bits per heavy atom. The number of halogens is 2. The molecule has 1 atom stereocenters. The van der Waals surface area contributed by atoms with Crippen molar-refractivity contribution >= 4 is 41.5 Å². The molecule has 6 nitrogen and oxygen atoms in total. The van der Waals surface area contributed by atoms with E-state index in [1.807, 2.05) is 31.2 Å². The molecule has 1 saturated heterocycles. The van der Waals surface area contributed by atoms with Gasteiger partial charge in [-0.1, -0.05) is 11.6 Å². The monoisotopic (exact) mass is 539 g/mol. The molecular formula is C21H35ClIN3O3. The number of hydrogen-bond donors (Lipinski definition) is 1. The van der Waals surface area contributed by atoms with E-state index in [-0.39, 0.29) is 30.1 Å². The van der Waals surface area contributed by atoms with E-state index >= 15 is 0 Å². The Balaban J connectivity index is 0.00000420. The minimum Gasteiger partial charge on any atom is -0.489 e. The zero-order valence-electron chi connectivity index (χ0n) is 17.7. The minimum atomic E-state index is -0.0171. The molecule has 1 aromatic carbocycles. The van der Waals surface area contributed by atoms with Gasteiger partial charge in [0.25, 0.3) is 0 Å². The van der Waals surface area contributed by atoms with Gasteiger partial charge in [-0.2, -0.15) is 0 Å². The van der Waals surface area contributed by atoms with Gasteiger partial charge in [-0.25, -0.2) is 4.99 Å². The number of benzene rings is 1. The maximum absolute atomic E-state index is 5.95. The van der Waals surface area contributed by atoms with Crippen molar-refractivity contribution in [1.82, 2.24) is 10.2 Å². The standard InChI is InChI=1S/C21H34ClN3O3.HI/c1-4-23-21(24-16-17(2)28-20-8-6-18(22)7-9-20)25-12-10-19(11-13-25)27-15-5-14-26-3;/h6-9,17,19H,4-5,10-16H2,1-3H3,(H,23,24);1H. The average Bonchev–Trinajstić information content (AvgIpc) is 2.71. The second kappa shape index (κ2) is 15.1.